The average molecular weight is 258 g/mol. The standard InChI is InChI=1S/C15H14O4/c1-19-14-9-11(16)8-13(18)15(14)12(17)7-10-5-3-2-4-6-10/h2-6,8-9,16,18H,7H2,1H3. The Balaban J connectivity index is 2.34. The topological polar surface area (TPSA) is 66.8 Å². The summed E-state index contributed by atoms with van der Waals surface area (Å²) in [7, 11) is 1.38. The van der Waals surface area contributed by atoms with Crippen LogP contribution in [0.2, 0.25) is 0 Å². The molecule has 2 aromatic rings. The van der Waals surface area contributed by atoms with Crippen LogP contribution in [0.3, 0.4) is 0 Å². The first-order valence-electron chi connectivity index (χ1n) is 5.79. The molecule has 0 fully saturated rings. The largest absolute Gasteiger partial charge is 0.508 e. The van der Waals surface area contributed by atoms with Gasteiger partial charge in [-0.25, -0.2) is 0 Å². The third-order valence-corrected chi connectivity index (χ3v) is 2.77. The highest BCUT2D eigenvalue weighted by Gasteiger charge is 2.18. The third kappa shape index (κ3) is 2.85. The molecule has 0 amide bonds. The minimum atomic E-state index is -0.280. The maximum atomic E-state index is 12.2. The van der Waals surface area contributed by atoms with E-state index in [1.807, 2.05) is 30.3 Å². The lowest BCUT2D eigenvalue weighted by Gasteiger charge is -2.10. The number of methoxy groups -OCH3 is 1. The van der Waals surface area contributed by atoms with Crippen molar-refractivity contribution in [3.05, 3.63) is 53.6 Å². The molecule has 0 saturated heterocycles. The van der Waals surface area contributed by atoms with E-state index in [0.717, 1.165) is 11.6 Å². The van der Waals surface area contributed by atoms with Gasteiger partial charge in [-0.15, -0.1) is 0 Å². The van der Waals surface area contributed by atoms with Crippen molar-refractivity contribution in [1.82, 2.24) is 0 Å². The van der Waals surface area contributed by atoms with Gasteiger partial charge in [0.25, 0.3) is 0 Å². The Morgan fingerprint density at radius 3 is 2.47 bits per heavy atom. The Labute approximate surface area is 110 Å². The number of phenolic OH excluding ortho intramolecular Hbond substituents is 2. The van der Waals surface area contributed by atoms with Gasteiger partial charge in [0.05, 0.1) is 7.11 Å². The van der Waals surface area contributed by atoms with Crippen LogP contribution in [0.25, 0.3) is 0 Å². The normalized spacial score (nSPS) is 10.2. The highest BCUT2D eigenvalue weighted by Crippen LogP contribution is 2.33. The van der Waals surface area contributed by atoms with Crippen molar-refractivity contribution in [3.8, 4) is 17.2 Å². The van der Waals surface area contributed by atoms with Crippen LogP contribution >= 0.6 is 0 Å². The Morgan fingerprint density at radius 1 is 1.16 bits per heavy atom. The number of carbonyl (C=O) groups excluding carboxylic acids is 1. The first kappa shape index (κ1) is 13.0. The molecular formula is C15H14O4. The fraction of sp³-hybridized carbons (Fsp3) is 0.133. The number of rotatable bonds is 4. The molecule has 0 aliphatic heterocycles. The molecule has 0 radical (unpaired) electrons. The maximum Gasteiger partial charge on any atom is 0.174 e. The van der Waals surface area contributed by atoms with E-state index in [1.165, 1.54) is 13.2 Å². The average Bonchev–Trinajstić information content (AvgIpc) is 2.38. The van der Waals surface area contributed by atoms with Crippen LogP contribution in [0.4, 0.5) is 0 Å². The van der Waals surface area contributed by atoms with E-state index in [-0.39, 0.29) is 35.0 Å². The molecule has 4 heteroatoms. The van der Waals surface area contributed by atoms with Crippen LogP contribution in [0.1, 0.15) is 15.9 Å². The Hall–Kier alpha value is -2.49. The number of carbonyl (C=O) groups is 1. The van der Waals surface area contributed by atoms with Crippen molar-refractivity contribution in [2.45, 2.75) is 6.42 Å². The molecule has 2 aromatic carbocycles. The monoisotopic (exact) mass is 258 g/mol. The fourth-order valence-electron chi connectivity index (χ4n) is 1.90. The lowest BCUT2D eigenvalue weighted by atomic mass is 10.0. The molecular weight excluding hydrogens is 244 g/mol. The number of hydrogen-bond acceptors (Lipinski definition) is 4. The van der Waals surface area contributed by atoms with E-state index in [9.17, 15) is 15.0 Å². The SMILES string of the molecule is COc1cc(O)cc(O)c1C(=O)Cc1ccccc1. The highest BCUT2D eigenvalue weighted by molar-refractivity contribution is 6.02. The molecule has 0 aliphatic carbocycles. The smallest absolute Gasteiger partial charge is 0.174 e. The van der Waals surface area contributed by atoms with Crippen LogP contribution in [0.5, 0.6) is 17.2 Å². The molecule has 0 aliphatic rings. The Morgan fingerprint density at radius 2 is 1.84 bits per heavy atom. The summed E-state index contributed by atoms with van der Waals surface area (Å²) in [5, 5.41) is 19.2. The molecule has 98 valence electrons. The summed E-state index contributed by atoms with van der Waals surface area (Å²) >= 11 is 0. The van der Waals surface area contributed by atoms with Gasteiger partial charge in [-0.05, 0) is 5.56 Å². The van der Waals surface area contributed by atoms with Crippen LogP contribution in [-0.2, 0) is 6.42 Å². The van der Waals surface area contributed by atoms with E-state index >= 15 is 0 Å². The molecule has 4 nitrogen and oxygen atoms in total. The Kier molecular flexibility index (Phi) is 3.71. The van der Waals surface area contributed by atoms with Gasteiger partial charge < -0.3 is 14.9 Å². The second-order valence-electron chi connectivity index (χ2n) is 4.13. The summed E-state index contributed by atoms with van der Waals surface area (Å²) in [6, 6.07) is 11.7. The lowest BCUT2D eigenvalue weighted by molar-refractivity contribution is 0.0987. The number of Topliss-reactive ketones (excluding diaryl/α,β-unsaturated/α-hetero) is 1. The lowest BCUT2D eigenvalue weighted by Crippen LogP contribution is -2.06. The van der Waals surface area contributed by atoms with E-state index in [1.54, 1.807) is 0 Å². The predicted molar refractivity (Wildman–Crippen MR) is 70.8 cm³/mol. The van der Waals surface area contributed by atoms with Crippen molar-refractivity contribution in [2.75, 3.05) is 7.11 Å². The predicted octanol–water partition coefficient (Wildman–Crippen LogP) is 2.53. The summed E-state index contributed by atoms with van der Waals surface area (Å²) < 4.78 is 5.02. The molecule has 0 aromatic heterocycles. The molecule has 0 heterocycles. The molecule has 2 rings (SSSR count). The number of benzene rings is 2. The van der Waals surface area contributed by atoms with Crippen LogP contribution < -0.4 is 4.74 Å². The molecule has 0 spiro atoms. The molecule has 19 heavy (non-hydrogen) atoms. The van der Waals surface area contributed by atoms with Crippen molar-refractivity contribution in [3.63, 3.8) is 0 Å². The Bertz CT molecular complexity index is 591. The zero-order chi connectivity index (χ0) is 13.8. The highest BCUT2D eigenvalue weighted by atomic mass is 16.5. The molecule has 0 bridgehead atoms. The van der Waals surface area contributed by atoms with Crippen molar-refractivity contribution in [1.29, 1.82) is 0 Å². The van der Waals surface area contributed by atoms with Gasteiger partial charge in [0.15, 0.2) is 5.78 Å². The van der Waals surface area contributed by atoms with Gasteiger partial charge in [-0.1, -0.05) is 30.3 Å². The number of aromatic hydroxyl groups is 2. The van der Waals surface area contributed by atoms with E-state index in [4.69, 9.17) is 4.74 Å². The van der Waals surface area contributed by atoms with Gasteiger partial charge in [0.2, 0.25) is 0 Å². The van der Waals surface area contributed by atoms with Gasteiger partial charge >= 0.3 is 0 Å². The number of ether oxygens (including phenoxy) is 1. The number of phenols is 2. The second-order valence-corrected chi connectivity index (χ2v) is 4.13. The summed E-state index contributed by atoms with van der Waals surface area (Å²) in [5.41, 5.74) is 0.936. The van der Waals surface area contributed by atoms with Crippen LogP contribution in [0, 0.1) is 0 Å². The molecule has 2 N–H and O–H groups in total. The van der Waals surface area contributed by atoms with Crippen molar-refractivity contribution in [2.24, 2.45) is 0 Å². The zero-order valence-corrected chi connectivity index (χ0v) is 10.5. The summed E-state index contributed by atoms with van der Waals surface area (Å²) in [5.74, 6) is -0.526. The quantitative estimate of drug-likeness (QED) is 0.827. The minimum Gasteiger partial charge on any atom is -0.508 e. The van der Waals surface area contributed by atoms with Gasteiger partial charge in [-0.2, -0.15) is 0 Å². The van der Waals surface area contributed by atoms with Gasteiger partial charge in [-0.3, -0.25) is 4.79 Å². The van der Waals surface area contributed by atoms with E-state index in [2.05, 4.69) is 0 Å². The summed E-state index contributed by atoms with van der Waals surface area (Å²) in [4.78, 5) is 12.2. The van der Waals surface area contributed by atoms with Crippen LogP contribution in [0.15, 0.2) is 42.5 Å². The van der Waals surface area contributed by atoms with E-state index in [0.29, 0.717) is 0 Å². The van der Waals surface area contributed by atoms with Crippen molar-refractivity contribution < 1.29 is 19.7 Å². The summed E-state index contributed by atoms with van der Waals surface area (Å²) in [6.45, 7) is 0. The first-order valence-corrected chi connectivity index (χ1v) is 5.79. The third-order valence-electron chi connectivity index (χ3n) is 2.77. The number of hydrogen-bond donors (Lipinski definition) is 2. The fourth-order valence-corrected chi connectivity index (χ4v) is 1.90. The zero-order valence-electron chi connectivity index (χ0n) is 10.5. The van der Waals surface area contributed by atoms with E-state index < -0.39 is 0 Å². The minimum absolute atomic E-state index is 0.0872. The van der Waals surface area contributed by atoms with Gasteiger partial charge in [0, 0.05) is 18.6 Å². The summed E-state index contributed by atoms with van der Waals surface area (Å²) in [6.07, 6.45) is 0.162. The molecule has 0 atom stereocenters. The first-order chi connectivity index (χ1) is 9.11. The van der Waals surface area contributed by atoms with Crippen molar-refractivity contribution >= 4 is 5.78 Å². The molecule has 0 unspecified atom stereocenters. The number of ketones is 1. The second kappa shape index (κ2) is 5.44. The molecule has 0 saturated carbocycles. The van der Waals surface area contributed by atoms with Gasteiger partial charge in [0.1, 0.15) is 22.8 Å². The van der Waals surface area contributed by atoms with Crippen LogP contribution in [-0.4, -0.2) is 23.1 Å². The maximum absolute atomic E-state index is 12.2.